The molecule has 0 N–H and O–H groups in total. The molecular weight excluding hydrogens is 146 g/mol. The van der Waals surface area contributed by atoms with Crippen LogP contribution in [-0.2, 0) is 7.05 Å². The standard InChI is InChI=1S/C3H4BF3N3/c1-10-3(2-8-9-10)4(5,6)7/h2H,1H3/q-1. The van der Waals surface area contributed by atoms with Crippen LogP contribution in [0.3, 0.4) is 0 Å². The zero-order valence-corrected chi connectivity index (χ0v) is 5.13. The van der Waals surface area contributed by atoms with Crippen molar-refractivity contribution in [2.75, 3.05) is 0 Å². The average molecular weight is 150 g/mol. The number of rotatable bonds is 1. The van der Waals surface area contributed by atoms with Gasteiger partial charge in [0, 0.05) is 18.8 Å². The van der Waals surface area contributed by atoms with Crippen LogP contribution < -0.4 is 5.59 Å². The second-order valence-corrected chi connectivity index (χ2v) is 1.86. The Morgan fingerprint density at radius 1 is 1.50 bits per heavy atom. The minimum absolute atomic E-state index is 0.708. The van der Waals surface area contributed by atoms with E-state index < -0.39 is 12.6 Å². The van der Waals surface area contributed by atoms with E-state index in [9.17, 15) is 12.9 Å². The minimum Gasteiger partial charge on any atom is -0.444 e. The molecule has 56 valence electrons. The highest BCUT2D eigenvalue weighted by atomic mass is 19.4. The first-order chi connectivity index (χ1) is 4.52. The van der Waals surface area contributed by atoms with Crippen molar-refractivity contribution >= 4 is 12.6 Å². The van der Waals surface area contributed by atoms with E-state index in [-0.39, 0.29) is 0 Å². The van der Waals surface area contributed by atoms with Gasteiger partial charge in [-0.3, -0.25) is 4.68 Å². The van der Waals surface area contributed by atoms with Crippen LogP contribution in [-0.4, -0.2) is 22.0 Å². The molecule has 0 fully saturated rings. The van der Waals surface area contributed by atoms with Gasteiger partial charge in [0.15, 0.2) is 0 Å². The first kappa shape index (κ1) is 7.11. The topological polar surface area (TPSA) is 30.7 Å². The third-order valence-corrected chi connectivity index (χ3v) is 1.08. The van der Waals surface area contributed by atoms with Gasteiger partial charge in [0.1, 0.15) is 0 Å². The fraction of sp³-hybridized carbons (Fsp3) is 0.333. The Bertz CT molecular complexity index is 229. The number of aromatic nitrogens is 3. The predicted molar refractivity (Wildman–Crippen MR) is 29.7 cm³/mol. The maximum absolute atomic E-state index is 11.8. The average Bonchev–Trinajstić information content (AvgIpc) is 2.11. The van der Waals surface area contributed by atoms with Crippen LogP contribution in [0.5, 0.6) is 0 Å². The van der Waals surface area contributed by atoms with Crippen molar-refractivity contribution in [1.82, 2.24) is 15.0 Å². The van der Waals surface area contributed by atoms with Crippen LogP contribution in [0.4, 0.5) is 12.9 Å². The van der Waals surface area contributed by atoms with Crippen LogP contribution in [0.15, 0.2) is 6.20 Å². The molecule has 0 aliphatic heterocycles. The van der Waals surface area contributed by atoms with Crippen molar-refractivity contribution < 1.29 is 12.9 Å². The van der Waals surface area contributed by atoms with Gasteiger partial charge in [-0.15, -0.1) is 5.10 Å². The van der Waals surface area contributed by atoms with Crippen molar-refractivity contribution in [3.05, 3.63) is 6.20 Å². The molecular formula is C3H4BF3N3-. The Labute approximate surface area is 54.9 Å². The van der Waals surface area contributed by atoms with E-state index in [1.807, 2.05) is 0 Å². The van der Waals surface area contributed by atoms with Gasteiger partial charge in [-0.1, -0.05) is 5.21 Å². The van der Waals surface area contributed by atoms with Gasteiger partial charge in [0.05, 0.1) is 0 Å². The highest BCUT2D eigenvalue weighted by Crippen LogP contribution is 2.05. The molecule has 1 heterocycles. The molecule has 0 aromatic carbocycles. The van der Waals surface area contributed by atoms with Gasteiger partial charge in [0.2, 0.25) is 0 Å². The monoisotopic (exact) mass is 150 g/mol. The van der Waals surface area contributed by atoms with E-state index in [0.717, 1.165) is 0 Å². The van der Waals surface area contributed by atoms with Gasteiger partial charge in [-0.25, -0.2) is 0 Å². The summed E-state index contributed by atoms with van der Waals surface area (Å²) in [7, 11) is 1.21. The number of halogens is 3. The summed E-state index contributed by atoms with van der Waals surface area (Å²) in [6.45, 7) is -4.95. The number of hydrogen-bond donors (Lipinski definition) is 0. The molecule has 0 unspecified atom stereocenters. The van der Waals surface area contributed by atoms with E-state index in [1.165, 1.54) is 7.05 Å². The molecule has 0 saturated carbocycles. The zero-order chi connectivity index (χ0) is 7.78. The molecule has 0 saturated heterocycles. The summed E-state index contributed by atoms with van der Waals surface area (Å²) in [5.41, 5.74) is -0.778. The van der Waals surface area contributed by atoms with Crippen molar-refractivity contribution in [1.29, 1.82) is 0 Å². The van der Waals surface area contributed by atoms with Crippen LogP contribution in [0.25, 0.3) is 0 Å². The summed E-state index contributed by atoms with van der Waals surface area (Å²) in [5, 5.41) is 6.24. The van der Waals surface area contributed by atoms with Gasteiger partial charge >= 0.3 is 6.98 Å². The summed E-state index contributed by atoms with van der Waals surface area (Å²) in [6.07, 6.45) is 0.708. The maximum Gasteiger partial charge on any atom is 0.529 e. The highest BCUT2D eigenvalue weighted by molar-refractivity contribution is 6.72. The third-order valence-electron chi connectivity index (χ3n) is 1.08. The Morgan fingerprint density at radius 3 is 2.30 bits per heavy atom. The van der Waals surface area contributed by atoms with Gasteiger partial charge in [-0.2, -0.15) is 0 Å². The lowest BCUT2D eigenvalue weighted by molar-refractivity contribution is 0.492. The van der Waals surface area contributed by atoms with Crippen LogP contribution >= 0.6 is 0 Å². The van der Waals surface area contributed by atoms with Crippen LogP contribution in [0.1, 0.15) is 0 Å². The first-order valence-corrected chi connectivity index (χ1v) is 2.56. The van der Waals surface area contributed by atoms with E-state index in [1.54, 1.807) is 0 Å². The first-order valence-electron chi connectivity index (χ1n) is 2.56. The molecule has 0 atom stereocenters. The highest BCUT2D eigenvalue weighted by Gasteiger charge is 2.29. The molecule has 1 aromatic heterocycles. The lowest BCUT2D eigenvalue weighted by Crippen LogP contribution is -2.39. The van der Waals surface area contributed by atoms with Crippen LogP contribution in [0.2, 0.25) is 0 Å². The summed E-state index contributed by atoms with van der Waals surface area (Å²) in [6, 6.07) is 0. The van der Waals surface area contributed by atoms with E-state index >= 15 is 0 Å². The fourth-order valence-electron chi connectivity index (χ4n) is 0.594. The molecule has 0 amide bonds. The number of aryl methyl sites for hydroxylation is 1. The molecule has 1 rings (SSSR count). The summed E-state index contributed by atoms with van der Waals surface area (Å²) >= 11 is 0. The summed E-state index contributed by atoms with van der Waals surface area (Å²) < 4.78 is 36.2. The van der Waals surface area contributed by atoms with Gasteiger partial charge in [0.25, 0.3) is 0 Å². The molecule has 0 aliphatic carbocycles. The SMILES string of the molecule is Cn1nncc1[B-](F)(F)F. The summed E-state index contributed by atoms with van der Waals surface area (Å²) in [5.74, 6) is 0. The van der Waals surface area contributed by atoms with E-state index in [2.05, 4.69) is 10.3 Å². The van der Waals surface area contributed by atoms with Gasteiger partial charge in [-0.05, 0) is 0 Å². The Kier molecular flexibility index (Phi) is 1.42. The second kappa shape index (κ2) is 2.00. The van der Waals surface area contributed by atoms with Crippen LogP contribution in [0, 0.1) is 0 Å². The number of nitrogens with zero attached hydrogens (tertiary/aromatic N) is 3. The lowest BCUT2D eigenvalue weighted by atomic mass is 9.87. The molecule has 10 heavy (non-hydrogen) atoms. The molecule has 0 bridgehead atoms. The smallest absolute Gasteiger partial charge is 0.444 e. The lowest BCUT2D eigenvalue weighted by Gasteiger charge is -2.12. The Hall–Kier alpha value is -1.01. The molecule has 0 spiro atoms. The molecule has 1 aromatic rings. The van der Waals surface area contributed by atoms with E-state index in [0.29, 0.717) is 10.9 Å². The Balaban J connectivity index is 3.05. The third kappa shape index (κ3) is 1.12. The summed E-state index contributed by atoms with van der Waals surface area (Å²) in [4.78, 5) is 0. The van der Waals surface area contributed by atoms with Gasteiger partial charge < -0.3 is 12.9 Å². The van der Waals surface area contributed by atoms with E-state index in [4.69, 9.17) is 0 Å². The second-order valence-electron chi connectivity index (χ2n) is 1.86. The quantitative estimate of drug-likeness (QED) is 0.522. The fourth-order valence-corrected chi connectivity index (χ4v) is 0.594. The largest absolute Gasteiger partial charge is 0.529 e. The Morgan fingerprint density at radius 2 is 2.10 bits per heavy atom. The number of hydrogen-bond acceptors (Lipinski definition) is 2. The van der Waals surface area contributed by atoms with Crippen molar-refractivity contribution in [3.8, 4) is 0 Å². The molecule has 0 radical (unpaired) electrons. The zero-order valence-electron chi connectivity index (χ0n) is 5.13. The predicted octanol–water partition coefficient (Wildman–Crippen LogP) is -0.130. The van der Waals surface area contributed by atoms with Crippen molar-refractivity contribution in [2.45, 2.75) is 0 Å². The molecule has 7 heteroatoms. The van der Waals surface area contributed by atoms with Crippen molar-refractivity contribution in [3.63, 3.8) is 0 Å². The normalized spacial score (nSPS) is 12.0. The van der Waals surface area contributed by atoms with Crippen molar-refractivity contribution in [2.24, 2.45) is 7.05 Å². The molecule has 3 nitrogen and oxygen atoms in total. The maximum atomic E-state index is 11.8. The molecule has 0 aliphatic rings. The minimum atomic E-state index is -4.95.